The van der Waals surface area contributed by atoms with Crippen molar-refractivity contribution in [1.29, 1.82) is 5.26 Å². The molecule has 0 saturated heterocycles. The lowest BCUT2D eigenvalue weighted by Crippen LogP contribution is -2.26. The lowest BCUT2D eigenvalue weighted by atomic mass is 9.86. The Kier molecular flexibility index (Phi) is 4.05. The molecule has 4 aromatic rings. The molecule has 6 nitrogen and oxygen atoms in total. The number of pyridine rings is 1. The van der Waals surface area contributed by atoms with Crippen LogP contribution in [0, 0.1) is 16.5 Å². The zero-order valence-electron chi connectivity index (χ0n) is 15.6. The second kappa shape index (κ2) is 6.21. The number of rotatable bonds is 2. The summed E-state index contributed by atoms with van der Waals surface area (Å²) in [5.74, 6) is 0. The maximum Gasteiger partial charge on any atom is 0.333 e. The van der Waals surface area contributed by atoms with E-state index in [0.29, 0.717) is 27.6 Å². The average molecular weight is 437 g/mol. The standard InChI is InChI=1S/C21H17BrN4O2/c1-21(2,12-23)13-4-7-15(8-5-13)26-19-16-10-14(22)6-9-17(16)25(28)11-18(19)24(3)20(26)27/h4-11H,1-3H3. The number of fused-ring (bicyclic) bond motifs is 3. The minimum atomic E-state index is -0.617. The van der Waals surface area contributed by atoms with Crippen LogP contribution >= 0.6 is 15.9 Å². The summed E-state index contributed by atoms with van der Waals surface area (Å²) in [6, 6.07) is 15.0. The van der Waals surface area contributed by atoms with Gasteiger partial charge in [-0.15, -0.1) is 0 Å². The van der Waals surface area contributed by atoms with E-state index >= 15 is 0 Å². The number of nitrogens with zero attached hydrogens (tertiary/aromatic N) is 4. The van der Waals surface area contributed by atoms with E-state index in [0.717, 1.165) is 14.8 Å². The average Bonchev–Trinajstić information content (AvgIpc) is 2.93. The third-order valence-corrected chi connectivity index (χ3v) is 5.62. The van der Waals surface area contributed by atoms with Crippen molar-refractivity contribution in [3.63, 3.8) is 0 Å². The highest BCUT2D eigenvalue weighted by Gasteiger charge is 2.22. The number of aryl methyl sites for hydroxylation is 1. The molecule has 0 aliphatic heterocycles. The van der Waals surface area contributed by atoms with Crippen LogP contribution in [-0.4, -0.2) is 9.13 Å². The summed E-state index contributed by atoms with van der Waals surface area (Å²) in [7, 11) is 1.65. The normalized spacial score (nSPS) is 11.8. The molecule has 0 radical (unpaired) electrons. The van der Waals surface area contributed by atoms with Gasteiger partial charge in [-0.2, -0.15) is 9.99 Å². The van der Waals surface area contributed by atoms with E-state index in [9.17, 15) is 15.3 Å². The van der Waals surface area contributed by atoms with Crippen LogP contribution in [0.1, 0.15) is 19.4 Å². The molecule has 0 bridgehead atoms. The van der Waals surface area contributed by atoms with Crippen LogP contribution in [0.5, 0.6) is 0 Å². The quantitative estimate of drug-likeness (QED) is 0.355. The topological polar surface area (TPSA) is 77.7 Å². The Morgan fingerprint density at radius 1 is 1.18 bits per heavy atom. The largest absolute Gasteiger partial charge is 0.618 e. The highest BCUT2D eigenvalue weighted by atomic mass is 79.9. The molecule has 0 saturated carbocycles. The van der Waals surface area contributed by atoms with Crippen molar-refractivity contribution >= 4 is 37.9 Å². The lowest BCUT2D eigenvalue weighted by Gasteiger charge is -2.16. The summed E-state index contributed by atoms with van der Waals surface area (Å²) < 4.78 is 4.68. The molecular formula is C21H17BrN4O2. The van der Waals surface area contributed by atoms with Gasteiger partial charge in [0.2, 0.25) is 11.7 Å². The first-order valence-corrected chi connectivity index (χ1v) is 9.49. The van der Waals surface area contributed by atoms with Crippen molar-refractivity contribution in [3.05, 3.63) is 74.4 Å². The van der Waals surface area contributed by atoms with Gasteiger partial charge in [-0.25, -0.2) is 4.79 Å². The summed E-state index contributed by atoms with van der Waals surface area (Å²) in [4.78, 5) is 13.0. The maximum absolute atomic E-state index is 13.0. The van der Waals surface area contributed by atoms with Crippen molar-refractivity contribution in [1.82, 2.24) is 9.13 Å². The summed E-state index contributed by atoms with van der Waals surface area (Å²) in [5, 5.41) is 22.5. The SMILES string of the molecule is Cn1c(=O)n(-c2ccc(C(C)(C)C#N)cc2)c2c3cc(Br)ccc3[n+]([O-])cc21. The van der Waals surface area contributed by atoms with Gasteiger partial charge in [0.15, 0.2) is 0 Å². The molecule has 0 spiro atoms. The van der Waals surface area contributed by atoms with Crippen LogP contribution in [0.15, 0.2) is 57.9 Å². The zero-order chi connectivity index (χ0) is 20.2. The van der Waals surface area contributed by atoms with Gasteiger partial charge in [0.05, 0.1) is 28.1 Å². The molecule has 2 heterocycles. The predicted octanol–water partition coefficient (Wildman–Crippen LogP) is 3.68. The molecule has 7 heteroatoms. The van der Waals surface area contributed by atoms with Crippen molar-refractivity contribution in [2.75, 3.05) is 0 Å². The minimum Gasteiger partial charge on any atom is -0.618 e. The van der Waals surface area contributed by atoms with Crippen LogP contribution in [-0.2, 0) is 12.5 Å². The number of nitriles is 1. The van der Waals surface area contributed by atoms with Gasteiger partial charge in [-0.05, 0) is 43.7 Å². The van der Waals surface area contributed by atoms with Crippen LogP contribution < -0.4 is 10.4 Å². The molecular weight excluding hydrogens is 420 g/mol. The third-order valence-electron chi connectivity index (χ3n) is 5.12. The summed E-state index contributed by atoms with van der Waals surface area (Å²) in [6.07, 6.45) is 1.43. The van der Waals surface area contributed by atoms with E-state index in [1.807, 2.05) is 44.2 Å². The molecule has 0 aliphatic rings. The Hall–Kier alpha value is -3.11. The first-order valence-electron chi connectivity index (χ1n) is 8.69. The van der Waals surface area contributed by atoms with Crippen LogP contribution in [0.2, 0.25) is 0 Å². The molecule has 140 valence electrons. The van der Waals surface area contributed by atoms with Crippen molar-refractivity contribution in [2.45, 2.75) is 19.3 Å². The Balaban J connectivity index is 2.08. The summed E-state index contributed by atoms with van der Waals surface area (Å²) in [5.41, 5.74) is 2.39. The minimum absolute atomic E-state index is 0.241. The van der Waals surface area contributed by atoms with Crippen LogP contribution in [0.4, 0.5) is 0 Å². The smallest absolute Gasteiger partial charge is 0.333 e. The molecule has 2 aromatic carbocycles. The number of hydrogen-bond acceptors (Lipinski definition) is 3. The monoisotopic (exact) mass is 436 g/mol. The second-order valence-electron chi connectivity index (χ2n) is 7.31. The van der Waals surface area contributed by atoms with Gasteiger partial charge in [-0.3, -0.25) is 9.13 Å². The summed E-state index contributed by atoms with van der Waals surface area (Å²) in [6.45, 7) is 3.70. The van der Waals surface area contributed by atoms with Gasteiger partial charge < -0.3 is 5.21 Å². The van der Waals surface area contributed by atoms with E-state index in [2.05, 4.69) is 22.0 Å². The number of hydrogen-bond donors (Lipinski definition) is 0. The van der Waals surface area contributed by atoms with E-state index in [1.165, 1.54) is 10.8 Å². The zero-order valence-corrected chi connectivity index (χ0v) is 17.2. The van der Waals surface area contributed by atoms with Crippen molar-refractivity contribution in [3.8, 4) is 11.8 Å². The number of imidazole rings is 1. The number of halogens is 1. The Labute approximate surface area is 169 Å². The molecule has 0 atom stereocenters. The summed E-state index contributed by atoms with van der Waals surface area (Å²) >= 11 is 3.45. The van der Waals surface area contributed by atoms with Crippen molar-refractivity contribution < 1.29 is 4.73 Å². The highest BCUT2D eigenvalue weighted by Crippen LogP contribution is 2.28. The Bertz CT molecular complexity index is 1340. The van der Waals surface area contributed by atoms with E-state index in [-0.39, 0.29) is 5.69 Å². The van der Waals surface area contributed by atoms with Crippen LogP contribution in [0.25, 0.3) is 27.6 Å². The fourth-order valence-electron chi connectivity index (χ4n) is 3.43. The van der Waals surface area contributed by atoms with Crippen molar-refractivity contribution in [2.24, 2.45) is 7.05 Å². The predicted molar refractivity (Wildman–Crippen MR) is 111 cm³/mol. The fraction of sp³-hybridized carbons (Fsp3) is 0.190. The van der Waals surface area contributed by atoms with E-state index < -0.39 is 5.41 Å². The fourth-order valence-corrected chi connectivity index (χ4v) is 3.79. The first-order chi connectivity index (χ1) is 13.2. The van der Waals surface area contributed by atoms with Crippen LogP contribution in [0.3, 0.4) is 0 Å². The molecule has 28 heavy (non-hydrogen) atoms. The Morgan fingerprint density at radius 3 is 2.50 bits per heavy atom. The molecule has 2 aromatic heterocycles. The highest BCUT2D eigenvalue weighted by molar-refractivity contribution is 9.10. The van der Waals surface area contributed by atoms with Gasteiger partial charge in [0.1, 0.15) is 5.52 Å². The third kappa shape index (κ3) is 2.60. The second-order valence-corrected chi connectivity index (χ2v) is 8.23. The molecule has 0 amide bonds. The molecule has 0 N–H and O–H groups in total. The van der Waals surface area contributed by atoms with Gasteiger partial charge >= 0.3 is 5.69 Å². The van der Waals surface area contributed by atoms with Gasteiger partial charge in [0.25, 0.3) is 0 Å². The van der Waals surface area contributed by atoms with Gasteiger partial charge in [-0.1, -0.05) is 28.1 Å². The van der Waals surface area contributed by atoms with E-state index in [1.54, 1.807) is 23.7 Å². The van der Waals surface area contributed by atoms with E-state index in [4.69, 9.17) is 0 Å². The lowest BCUT2D eigenvalue weighted by molar-refractivity contribution is -0.575. The molecule has 4 rings (SSSR count). The first kappa shape index (κ1) is 18.3. The number of benzene rings is 2. The maximum atomic E-state index is 13.0. The molecule has 0 aliphatic carbocycles. The number of aromatic nitrogens is 3. The molecule has 0 unspecified atom stereocenters. The molecule has 0 fully saturated rings. The Morgan fingerprint density at radius 2 is 1.86 bits per heavy atom. The van der Waals surface area contributed by atoms with Gasteiger partial charge in [0, 0.05) is 17.6 Å².